The molecule has 0 atom stereocenters. The number of anilines is 1. The minimum Gasteiger partial charge on any atom is -0.455 e. The van der Waals surface area contributed by atoms with Crippen molar-refractivity contribution in [1.82, 2.24) is 4.90 Å². The summed E-state index contributed by atoms with van der Waals surface area (Å²) in [6, 6.07) is 1.52. The maximum atomic E-state index is 12.3. The van der Waals surface area contributed by atoms with Crippen molar-refractivity contribution < 1.29 is 23.9 Å². The molecule has 148 valence electrons. The minimum atomic E-state index is -0.639. The first-order valence-electron chi connectivity index (χ1n) is 8.72. The number of nitrogens with zero attached hydrogens (tertiary/aromatic N) is 1. The van der Waals surface area contributed by atoms with Crippen LogP contribution in [0.1, 0.15) is 44.0 Å². The van der Waals surface area contributed by atoms with Gasteiger partial charge in [-0.15, -0.1) is 11.3 Å². The van der Waals surface area contributed by atoms with Gasteiger partial charge in [0.15, 0.2) is 6.61 Å². The molecule has 1 fully saturated rings. The first kappa shape index (κ1) is 20.9. The lowest BCUT2D eigenvalue weighted by atomic mass is 9.91. The second-order valence-corrected chi connectivity index (χ2v) is 8.42. The molecule has 3 N–H and O–H groups in total. The summed E-state index contributed by atoms with van der Waals surface area (Å²) in [6.45, 7) is 6.16. The molecule has 1 aliphatic rings. The van der Waals surface area contributed by atoms with Crippen LogP contribution in [0, 0.1) is 11.3 Å². The van der Waals surface area contributed by atoms with E-state index in [9.17, 15) is 19.2 Å². The molecule has 0 unspecified atom stereocenters. The normalized spacial score (nSPS) is 15.3. The molecule has 0 aliphatic carbocycles. The monoisotopic (exact) mass is 395 g/mol. The van der Waals surface area contributed by atoms with Gasteiger partial charge in [-0.3, -0.25) is 19.2 Å². The minimum absolute atomic E-state index is 0.0647. The maximum absolute atomic E-state index is 12.3. The van der Waals surface area contributed by atoms with E-state index in [0.29, 0.717) is 30.9 Å². The predicted octanol–water partition coefficient (Wildman–Crippen LogP) is 1.61. The Morgan fingerprint density at radius 1 is 1.26 bits per heavy atom. The van der Waals surface area contributed by atoms with Crippen LogP contribution in [0.3, 0.4) is 0 Å². The molecule has 2 heterocycles. The SMILES string of the molecule is CC(C)(C)C(=O)N1CCC(C(=O)OCC(=O)Nc2sccc2C(N)=O)CC1. The summed E-state index contributed by atoms with van der Waals surface area (Å²) in [5, 5.41) is 4.48. The Labute approximate surface area is 162 Å². The number of amides is 3. The molecule has 0 aromatic carbocycles. The van der Waals surface area contributed by atoms with Crippen molar-refractivity contribution in [2.45, 2.75) is 33.6 Å². The van der Waals surface area contributed by atoms with Crippen LogP contribution in [-0.4, -0.2) is 48.3 Å². The molecular formula is C18H25N3O5S. The van der Waals surface area contributed by atoms with Gasteiger partial charge in [0.25, 0.3) is 11.8 Å². The van der Waals surface area contributed by atoms with E-state index in [1.54, 1.807) is 10.3 Å². The van der Waals surface area contributed by atoms with Crippen molar-refractivity contribution in [3.8, 4) is 0 Å². The number of likely N-dealkylation sites (tertiary alicyclic amines) is 1. The summed E-state index contributed by atoms with van der Waals surface area (Å²) in [5.74, 6) is -1.89. The van der Waals surface area contributed by atoms with Crippen LogP contribution in [0.15, 0.2) is 11.4 Å². The molecular weight excluding hydrogens is 370 g/mol. The lowest BCUT2D eigenvalue weighted by molar-refractivity contribution is -0.155. The Morgan fingerprint density at radius 3 is 2.44 bits per heavy atom. The van der Waals surface area contributed by atoms with Crippen LogP contribution < -0.4 is 11.1 Å². The molecule has 1 aromatic rings. The third kappa shape index (κ3) is 5.53. The lowest BCUT2D eigenvalue weighted by Gasteiger charge is -2.34. The lowest BCUT2D eigenvalue weighted by Crippen LogP contribution is -2.45. The van der Waals surface area contributed by atoms with E-state index < -0.39 is 29.8 Å². The van der Waals surface area contributed by atoms with Crippen molar-refractivity contribution in [2.24, 2.45) is 17.1 Å². The van der Waals surface area contributed by atoms with Gasteiger partial charge in [-0.05, 0) is 24.3 Å². The van der Waals surface area contributed by atoms with E-state index in [2.05, 4.69) is 5.32 Å². The standard InChI is InChI=1S/C18H25N3O5S/c1-18(2,3)17(25)21-7-4-11(5-8-21)16(24)26-10-13(22)20-15-12(14(19)23)6-9-27-15/h6,9,11H,4-5,7-8,10H2,1-3H3,(H2,19,23)(H,20,22). The van der Waals surface area contributed by atoms with Crippen LogP contribution in [0.2, 0.25) is 0 Å². The number of ether oxygens (including phenoxy) is 1. The Balaban J connectivity index is 1.78. The summed E-state index contributed by atoms with van der Waals surface area (Å²) in [7, 11) is 0. The molecule has 0 bridgehead atoms. The Hall–Kier alpha value is -2.42. The van der Waals surface area contributed by atoms with Gasteiger partial charge < -0.3 is 20.7 Å². The van der Waals surface area contributed by atoms with Gasteiger partial charge >= 0.3 is 5.97 Å². The maximum Gasteiger partial charge on any atom is 0.309 e. The predicted molar refractivity (Wildman–Crippen MR) is 101 cm³/mol. The van der Waals surface area contributed by atoms with E-state index in [0.717, 1.165) is 11.3 Å². The van der Waals surface area contributed by atoms with Crippen LogP contribution in [0.4, 0.5) is 5.00 Å². The highest BCUT2D eigenvalue weighted by molar-refractivity contribution is 7.14. The highest BCUT2D eigenvalue weighted by Gasteiger charge is 2.33. The zero-order valence-corrected chi connectivity index (χ0v) is 16.6. The molecule has 8 nitrogen and oxygen atoms in total. The molecule has 2 rings (SSSR count). The number of hydrogen-bond donors (Lipinski definition) is 2. The fourth-order valence-corrected chi connectivity index (χ4v) is 3.62. The molecule has 0 radical (unpaired) electrons. The van der Waals surface area contributed by atoms with Crippen LogP contribution in [-0.2, 0) is 19.1 Å². The van der Waals surface area contributed by atoms with E-state index >= 15 is 0 Å². The summed E-state index contributed by atoms with van der Waals surface area (Å²) in [5.41, 5.74) is 4.99. The Bertz CT molecular complexity index is 730. The fourth-order valence-electron chi connectivity index (χ4n) is 2.81. The van der Waals surface area contributed by atoms with Crippen molar-refractivity contribution in [2.75, 3.05) is 25.0 Å². The first-order chi connectivity index (χ1) is 12.6. The van der Waals surface area contributed by atoms with Gasteiger partial charge in [0, 0.05) is 18.5 Å². The van der Waals surface area contributed by atoms with E-state index in [1.807, 2.05) is 20.8 Å². The van der Waals surface area contributed by atoms with Gasteiger partial charge in [0.2, 0.25) is 5.91 Å². The Kier molecular flexibility index (Phi) is 6.59. The molecule has 1 aliphatic heterocycles. The zero-order valence-electron chi connectivity index (χ0n) is 15.7. The third-order valence-electron chi connectivity index (χ3n) is 4.29. The van der Waals surface area contributed by atoms with Crippen LogP contribution in [0.5, 0.6) is 0 Å². The molecule has 9 heteroatoms. The van der Waals surface area contributed by atoms with E-state index in [-0.39, 0.29) is 17.4 Å². The quantitative estimate of drug-likeness (QED) is 0.734. The summed E-state index contributed by atoms with van der Waals surface area (Å²) >= 11 is 1.16. The first-order valence-corrected chi connectivity index (χ1v) is 9.60. The van der Waals surface area contributed by atoms with Gasteiger partial charge in [-0.25, -0.2) is 0 Å². The van der Waals surface area contributed by atoms with Gasteiger partial charge in [-0.2, -0.15) is 0 Å². The number of nitrogens with two attached hydrogens (primary N) is 1. The van der Waals surface area contributed by atoms with E-state index in [4.69, 9.17) is 10.5 Å². The molecule has 1 aromatic heterocycles. The average Bonchev–Trinajstić information content (AvgIpc) is 3.06. The number of rotatable bonds is 5. The fraction of sp³-hybridized carbons (Fsp3) is 0.556. The van der Waals surface area contributed by atoms with Crippen LogP contribution in [0.25, 0.3) is 0 Å². The average molecular weight is 395 g/mol. The smallest absolute Gasteiger partial charge is 0.309 e. The van der Waals surface area contributed by atoms with Crippen molar-refractivity contribution in [3.05, 3.63) is 17.0 Å². The number of piperidine rings is 1. The highest BCUT2D eigenvalue weighted by Crippen LogP contribution is 2.25. The Morgan fingerprint density at radius 2 is 1.89 bits per heavy atom. The number of primary amides is 1. The van der Waals surface area contributed by atoms with E-state index in [1.165, 1.54) is 6.07 Å². The number of carbonyl (C=O) groups is 4. The number of carbonyl (C=O) groups excluding carboxylic acids is 4. The molecule has 0 saturated carbocycles. The largest absolute Gasteiger partial charge is 0.455 e. The molecule has 0 spiro atoms. The molecule has 27 heavy (non-hydrogen) atoms. The van der Waals surface area contributed by atoms with Gasteiger partial charge in [0.05, 0.1) is 11.5 Å². The zero-order chi connectivity index (χ0) is 20.2. The van der Waals surface area contributed by atoms with Crippen molar-refractivity contribution in [3.63, 3.8) is 0 Å². The van der Waals surface area contributed by atoms with Crippen molar-refractivity contribution >= 4 is 40.0 Å². The second-order valence-electron chi connectivity index (χ2n) is 7.50. The summed E-state index contributed by atoms with van der Waals surface area (Å²) in [4.78, 5) is 49.4. The molecule has 3 amide bonds. The third-order valence-corrected chi connectivity index (χ3v) is 5.12. The summed E-state index contributed by atoms with van der Waals surface area (Å²) < 4.78 is 5.09. The number of thiophene rings is 1. The van der Waals surface area contributed by atoms with Crippen LogP contribution >= 0.6 is 11.3 Å². The second kappa shape index (κ2) is 8.51. The van der Waals surface area contributed by atoms with Gasteiger partial charge in [-0.1, -0.05) is 20.8 Å². The number of hydrogen-bond acceptors (Lipinski definition) is 6. The molecule has 1 saturated heterocycles. The van der Waals surface area contributed by atoms with Gasteiger partial charge in [0.1, 0.15) is 5.00 Å². The number of esters is 1. The summed E-state index contributed by atoms with van der Waals surface area (Å²) in [6.07, 6.45) is 1.03. The highest BCUT2D eigenvalue weighted by atomic mass is 32.1. The van der Waals surface area contributed by atoms with Crippen molar-refractivity contribution in [1.29, 1.82) is 0 Å². The number of nitrogens with one attached hydrogen (secondary N) is 1. The topological polar surface area (TPSA) is 119 Å².